The molecule has 0 aromatic heterocycles. The first-order valence-electron chi connectivity index (χ1n) is 6.25. The van der Waals surface area contributed by atoms with E-state index in [0.29, 0.717) is 6.04 Å². The van der Waals surface area contributed by atoms with Gasteiger partial charge in [0.2, 0.25) is 0 Å². The first-order chi connectivity index (χ1) is 7.24. The highest BCUT2D eigenvalue weighted by atomic mass is 16.2. The van der Waals surface area contributed by atoms with E-state index in [1.54, 1.807) is 0 Å². The summed E-state index contributed by atoms with van der Waals surface area (Å²) in [5, 5.41) is 0. The quantitative estimate of drug-likeness (QED) is 0.686. The molecule has 86 valence electrons. The second-order valence-electron chi connectivity index (χ2n) is 4.90. The van der Waals surface area contributed by atoms with Crippen molar-refractivity contribution in [1.29, 1.82) is 0 Å². The van der Waals surface area contributed by atoms with E-state index in [1.165, 1.54) is 32.1 Å². The summed E-state index contributed by atoms with van der Waals surface area (Å²) in [5.41, 5.74) is 0. The summed E-state index contributed by atoms with van der Waals surface area (Å²) < 4.78 is 0. The lowest BCUT2D eigenvalue weighted by Crippen LogP contribution is -2.36. The van der Waals surface area contributed by atoms with E-state index in [1.807, 2.05) is 16.8 Å². The number of amides is 2. The minimum absolute atomic E-state index is 0.230. The summed E-state index contributed by atoms with van der Waals surface area (Å²) in [6, 6.07) is 0.714. The van der Waals surface area contributed by atoms with Crippen LogP contribution < -0.4 is 0 Å². The summed E-state index contributed by atoms with van der Waals surface area (Å²) in [6.07, 6.45) is 6.74. The van der Waals surface area contributed by atoms with E-state index in [4.69, 9.17) is 0 Å². The lowest BCUT2D eigenvalue weighted by atomic mass is 9.84. The summed E-state index contributed by atoms with van der Waals surface area (Å²) in [7, 11) is 1.97. The van der Waals surface area contributed by atoms with Gasteiger partial charge in [-0.05, 0) is 25.7 Å². The van der Waals surface area contributed by atoms with Crippen LogP contribution in [0.3, 0.4) is 0 Å². The number of carbonyl (C=O) groups excluding carboxylic acids is 1. The van der Waals surface area contributed by atoms with Crippen LogP contribution in [0.1, 0.15) is 39.0 Å². The van der Waals surface area contributed by atoms with Crippen molar-refractivity contribution < 1.29 is 4.79 Å². The Labute approximate surface area is 92.4 Å². The zero-order valence-electron chi connectivity index (χ0n) is 9.91. The molecule has 2 rings (SSSR count). The van der Waals surface area contributed by atoms with E-state index in [9.17, 15) is 4.79 Å². The third-order valence-corrected chi connectivity index (χ3v) is 4.05. The van der Waals surface area contributed by atoms with Gasteiger partial charge in [0, 0.05) is 20.1 Å². The largest absolute Gasteiger partial charge is 0.323 e. The van der Waals surface area contributed by atoms with E-state index in [-0.39, 0.29) is 6.03 Å². The lowest BCUT2D eigenvalue weighted by Gasteiger charge is -2.30. The van der Waals surface area contributed by atoms with Crippen LogP contribution in [-0.2, 0) is 0 Å². The standard InChI is InChI=1S/C12H22N2O/c1-3-14-9-11(13(2)12(14)15)10-7-5-4-6-8-10/h10-11H,3-9H2,1-2H3. The zero-order chi connectivity index (χ0) is 10.8. The molecule has 0 radical (unpaired) electrons. The van der Waals surface area contributed by atoms with Crippen LogP contribution in [0.5, 0.6) is 0 Å². The number of rotatable bonds is 2. The van der Waals surface area contributed by atoms with Crippen LogP contribution in [0.15, 0.2) is 0 Å². The molecule has 1 saturated heterocycles. The second-order valence-corrected chi connectivity index (χ2v) is 4.90. The van der Waals surface area contributed by atoms with Gasteiger partial charge in [-0.2, -0.15) is 0 Å². The SMILES string of the molecule is CCN1CC(C2CCCCC2)N(C)C1=O. The van der Waals surface area contributed by atoms with Crippen LogP contribution in [0.4, 0.5) is 4.79 Å². The van der Waals surface area contributed by atoms with Gasteiger partial charge in [0.1, 0.15) is 0 Å². The Balaban J connectivity index is 2.00. The maximum absolute atomic E-state index is 11.8. The van der Waals surface area contributed by atoms with Crippen LogP contribution in [-0.4, -0.2) is 42.0 Å². The zero-order valence-corrected chi connectivity index (χ0v) is 9.91. The van der Waals surface area contributed by atoms with Gasteiger partial charge in [0.15, 0.2) is 0 Å². The molecule has 1 unspecified atom stereocenters. The fourth-order valence-corrected chi connectivity index (χ4v) is 3.04. The van der Waals surface area contributed by atoms with Crippen molar-refractivity contribution in [2.75, 3.05) is 20.1 Å². The number of nitrogens with zero attached hydrogens (tertiary/aromatic N) is 2. The van der Waals surface area contributed by atoms with Crippen molar-refractivity contribution in [1.82, 2.24) is 9.80 Å². The number of hydrogen-bond acceptors (Lipinski definition) is 1. The van der Waals surface area contributed by atoms with Crippen LogP contribution in [0, 0.1) is 5.92 Å². The molecule has 3 nitrogen and oxygen atoms in total. The fourth-order valence-electron chi connectivity index (χ4n) is 3.04. The Morgan fingerprint density at radius 2 is 1.93 bits per heavy atom. The predicted octanol–water partition coefficient (Wildman–Crippen LogP) is 2.32. The van der Waals surface area contributed by atoms with E-state index in [0.717, 1.165) is 19.0 Å². The molecule has 0 aromatic rings. The van der Waals surface area contributed by atoms with Gasteiger partial charge < -0.3 is 9.80 Å². The highest BCUT2D eigenvalue weighted by Crippen LogP contribution is 2.31. The molecular formula is C12H22N2O. The van der Waals surface area contributed by atoms with Crippen molar-refractivity contribution >= 4 is 6.03 Å². The third-order valence-electron chi connectivity index (χ3n) is 4.05. The van der Waals surface area contributed by atoms with Gasteiger partial charge in [-0.25, -0.2) is 4.79 Å². The Kier molecular flexibility index (Phi) is 3.17. The number of likely N-dealkylation sites (N-methyl/N-ethyl adjacent to an activating group) is 2. The van der Waals surface area contributed by atoms with E-state index >= 15 is 0 Å². The molecule has 0 aromatic carbocycles. The highest BCUT2D eigenvalue weighted by Gasteiger charge is 2.38. The molecule has 3 heteroatoms. The van der Waals surface area contributed by atoms with Gasteiger partial charge in [-0.1, -0.05) is 19.3 Å². The Hall–Kier alpha value is -0.730. The summed E-state index contributed by atoms with van der Waals surface area (Å²) in [4.78, 5) is 15.8. The first kappa shape index (κ1) is 10.8. The maximum atomic E-state index is 11.8. The minimum Gasteiger partial charge on any atom is -0.323 e. The van der Waals surface area contributed by atoms with Gasteiger partial charge in [-0.3, -0.25) is 0 Å². The van der Waals surface area contributed by atoms with Gasteiger partial charge >= 0.3 is 6.03 Å². The van der Waals surface area contributed by atoms with Gasteiger partial charge in [-0.15, -0.1) is 0 Å². The molecule has 1 atom stereocenters. The van der Waals surface area contributed by atoms with Crippen molar-refractivity contribution in [3.05, 3.63) is 0 Å². The minimum atomic E-state index is 0.230. The molecule has 0 bridgehead atoms. The van der Waals surface area contributed by atoms with Gasteiger partial charge in [0.25, 0.3) is 0 Å². The van der Waals surface area contributed by atoms with E-state index in [2.05, 4.69) is 6.92 Å². The molecule has 2 amide bonds. The molecule has 1 saturated carbocycles. The summed E-state index contributed by atoms with van der Waals surface area (Å²) >= 11 is 0. The van der Waals surface area contributed by atoms with Gasteiger partial charge in [0.05, 0.1) is 6.04 Å². The fraction of sp³-hybridized carbons (Fsp3) is 0.917. The number of carbonyl (C=O) groups is 1. The molecule has 15 heavy (non-hydrogen) atoms. The second kappa shape index (κ2) is 4.42. The summed E-state index contributed by atoms with van der Waals surface area (Å²) in [6.45, 7) is 3.87. The van der Waals surface area contributed by atoms with Crippen molar-refractivity contribution in [3.63, 3.8) is 0 Å². The Bertz CT molecular complexity index is 236. The normalized spacial score (nSPS) is 28.9. The Morgan fingerprint density at radius 3 is 2.47 bits per heavy atom. The van der Waals surface area contributed by atoms with Crippen molar-refractivity contribution in [2.24, 2.45) is 5.92 Å². The summed E-state index contributed by atoms with van der Waals surface area (Å²) in [5.74, 6) is 0.754. The highest BCUT2D eigenvalue weighted by molar-refractivity contribution is 5.76. The first-order valence-corrected chi connectivity index (χ1v) is 6.25. The number of hydrogen-bond donors (Lipinski definition) is 0. The van der Waals surface area contributed by atoms with E-state index < -0.39 is 0 Å². The van der Waals surface area contributed by atoms with Crippen LogP contribution in [0.25, 0.3) is 0 Å². The molecule has 1 aliphatic carbocycles. The van der Waals surface area contributed by atoms with Crippen LogP contribution >= 0.6 is 0 Å². The third kappa shape index (κ3) is 1.97. The molecule has 2 fully saturated rings. The molecule has 0 N–H and O–H groups in total. The molecule has 1 heterocycles. The Morgan fingerprint density at radius 1 is 1.27 bits per heavy atom. The maximum Gasteiger partial charge on any atom is 0.320 e. The molecular weight excluding hydrogens is 188 g/mol. The van der Waals surface area contributed by atoms with Crippen molar-refractivity contribution in [3.8, 4) is 0 Å². The molecule has 1 aliphatic heterocycles. The number of urea groups is 1. The molecule has 2 aliphatic rings. The van der Waals surface area contributed by atoms with Crippen molar-refractivity contribution in [2.45, 2.75) is 45.1 Å². The average Bonchev–Trinajstić information content (AvgIpc) is 2.57. The van der Waals surface area contributed by atoms with Crippen LogP contribution in [0.2, 0.25) is 0 Å². The molecule has 0 spiro atoms. The smallest absolute Gasteiger partial charge is 0.320 e. The topological polar surface area (TPSA) is 23.6 Å². The predicted molar refractivity (Wildman–Crippen MR) is 60.8 cm³/mol. The average molecular weight is 210 g/mol. The monoisotopic (exact) mass is 210 g/mol. The lowest BCUT2D eigenvalue weighted by molar-refractivity contribution is 0.180.